The molecule has 132 valence electrons. The van der Waals surface area contributed by atoms with Gasteiger partial charge in [0.15, 0.2) is 5.75 Å². The van der Waals surface area contributed by atoms with Gasteiger partial charge in [-0.1, -0.05) is 13.8 Å². The van der Waals surface area contributed by atoms with Crippen LogP contribution in [0.15, 0.2) is 42.5 Å². The van der Waals surface area contributed by atoms with Gasteiger partial charge in [0.1, 0.15) is 5.75 Å². The maximum absolute atomic E-state index is 12.3. The van der Waals surface area contributed by atoms with Gasteiger partial charge in [0.05, 0.1) is 18.6 Å². The monoisotopic (exact) mass is 344 g/mol. The van der Waals surface area contributed by atoms with E-state index < -0.39 is 10.8 Å². The van der Waals surface area contributed by atoms with Crippen molar-refractivity contribution in [2.24, 2.45) is 5.92 Å². The number of amides is 1. The number of methoxy groups -OCH3 is 1. The van der Waals surface area contributed by atoms with Crippen molar-refractivity contribution in [1.29, 1.82) is 0 Å². The Morgan fingerprint density at radius 2 is 1.88 bits per heavy atom. The number of rotatable bonds is 7. The first-order chi connectivity index (χ1) is 11.9. The van der Waals surface area contributed by atoms with Gasteiger partial charge in [0.2, 0.25) is 0 Å². The van der Waals surface area contributed by atoms with Crippen molar-refractivity contribution in [2.75, 3.05) is 19.0 Å². The Hall–Kier alpha value is -3.09. The summed E-state index contributed by atoms with van der Waals surface area (Å²) in [6.07, 6.45) is 0. The minimum Gasteiger partial charge on any atom is -0.493 e. The molecule has 0 bridgehead atoms. The number of carbonyl (C=O) groups is 1. The number of nitro groups is 1. The Bertz CT molecular complexity index is 757. The highest BCUT2D eigenvalue weighted by atomic mass is 16.6. The van der Waals surface area contributed by atoms with E-state index in [1.165, 1.54) is 25.3 Å². The van der Waals surface area contributed by atoms with Gasteiger partial charge in [-0.15, -0.1) is 0 Å². The van der Waals surface area contributed by atoms with Crippen LogP contribution < -0.4 is 14.8 Å². The van der Waals surface area contributed by atoms with Crippen LogP contribution in [-0.2, 0) is 0 Å². The topological polar surface area (TPSA) is 90.7 Å². The van der Waals surface area contributed by atoms with E-state index in [9.17, 15) is 14.9 Å². The van der Waals surface area contributed by atoms with Gasteiger partial charge in [-0.2, -0.15) is 0 Å². The molecule has 0 saturated carbocycles. The quantitative estimate of drug-likeness (QED) is 0.608. The summed E-state index contributed by atoms with van der Waals surface area (Å²) in [5.41, 5.74) is 0.487. The Morgan fingerprint density at radius 1 is 1.20 bits per heavy atom. The second kappa shape index (κ2) is 8.14. The van der Waals surface area contributed by atoms with E-state index in [-0.39, 0.29) is 17.0 Å². The molecule has 1 amide bonds. The summed E-state index contributed by atoms with van der Waals surface area (Å²) in [6.45, 7) is 4.73. The zero-order valence-corrected chi connectivity index (χ0v) is 14.3. The van der Waals surface area contributed by atoms with Gasteiger partial charge >= 0.3 is 5.69 Å². The fourth-order valence-electron chi connectivity index (χ4n) is 2.07. The van der Waals surface area contributed by atoms with Gasteiger partial charge in [-0.3, -0.25) is 14.9 Å². The van der Waals surface area contributed by atoms with Crippen molar-refractivity contribution in [3.05, 3.63) is 58.1 Å². The minimum atomic E-state index is -0.587. The molecule has 0 aliphatic rings. The summed E-state index contributed by atoms with van der Waals surface area (Å²) in [5, 5.41) is 13.7. The van der Waals surface area contributed by atoms with Crippen molar-refractivity contribution in [3.8, 4) is 11.5 Å². The second-order valence-electron chi connectivity index (χ2n) is 5.83. The molecule has 1 N–H and O–H groups in total. The number of carbonyl (C=O) groups excluding carboxylic acids is 1. The average Bonchev–Trinajstić information content (AvgIpc) is 2.60. The highest BCUT2D eigenvalue weighted by Gasteiger charge is 2.18. The fraction of sp³-hybridized carbons (Fsp3) is 0.278. The first-order valence-electron chi connectivity index (χ1n) is 7.77. The highest BCUT2D eigenvalue weighted by molar-refractivity contribution is 6.04. The van der Waals surface area contributed by atoms with Crippen LogP contribution >= 0.6 is 0 Å². The summed E-state index contributed by atoms with van der Waals surface area (Å²) in [4.78, 5) is 22.7. The van der Waals surface area contributed by atoms with Crippen molar-refractivity contribution in [2.45, 2.75) is 13.8 Å². The predicted molar refractivity (Wildman–Crippen MR) is 94.4 cm³/mol. The van der Waals surface area contributed by atoms with Gasteiger partial charge in [-0.05, 0) is 42.3 Å². The number of nitro benzene ring substituents is 1. The summed E-state index contributed by atoms with van der Waals surface area (Å²) >= 11 is 0. The van der Waals surface area contributed by atoms with Crippen molar-refractivity contribution >= 4 is 17.3 Å². The number of nitrogens with one attached hydrogen (secondary N) is 1. The smallest absolute Gasteiger partial charge is 0.311 e. The molecule has 0 unspecified atom stereocenters. The first-order valence-corrected chi connectivity index (χ1v) is 7.77. The number of nitrogens with zero attached hydrogens (tertiary/aromatic N) is 1. The third kappa shape index (κ3) is 4.94. The van der Waals surface area contributed by atoms with Crippen LogP contribution in [0.25, 0.3) is 0 Å². The van der Waals surface area contributed by atoms with Crippen LogP contribution in [0.4, 0.5) is 11.4 Å². The van der Waals surface area contributed by atoms with Gasteiger partial charge in [0, 0.05) is 17.3 Å². The summed E-state index contributed by atoms with van der Waals surface area (Å²) in [6, 6.07) is 11.0. The third-order valence-corrected chi connectivity index (χ3v) is 3.33. The standard InChI is InChI=1S/C18H20N2O5/c1-12(2)11-25-15-7-5-14(6-8-15)19-18(21)13-4-9-17(24-3)16(10-13)20(22)23/h4-10,12H,11H2,1-3H3,(H,19,21). The molecule has 0 spiro atoms. The molecule has 7 nitrogen and oxygen atoms in total. The Labute approximate surface area is 145 Å². The lowest BCUT2D eigenvalue weighted by Crippen LogP contribution is -2.12. The van der Waals surface area contributed by atoms with Gasteiger partial charge < -0.3 is 14.8 Å². The summed E-state index contributed by atoms with van der Waals surface area (Å²) < 4.78 is 10.5. The molecule has 0 aliphatic carbocycles. The number of hydrogen-bond donors (Lipinski definition) is 1. The minimum absolute atomic E-state index is 0.105. The Balaban J connectivity index is 2.09. The SMILES string of the molecule is COc1ccc(C(=O)Nc2ccc(OCC(C)C)cc2)cc1[N+](=O)[O-]. The first kappa shape index (κ1) is 18.3. The molecule has 0 saturated heterocycles. The van der Waals surface area contributed by atoms with Gasteiger partial charge in [-0.25, -0.2) is 0 Å². The lowest BCUT2D eigenvalue weighted by atomic mass is 10.1. The summed E-state index contributed by atoms with van der Waals surface area (Å²) in [7, 11) is 1.34. The van der Waals surface area contributed by atoms with Crippen LogP contribution in [0.2, 0.25) is 0 Å². The van der Waals surface area contributed by atoms with E-state index in [1.807, 2.05) is 0 Å². The van der Waals surface area contributed by atoms with E-state index in [1.54, 1.807) is 24.3 Å². The molecule has 2 aromatic rings. The van der Waals surface area contributed by atoms with Crippen molar-refractivity contribution in [3.63, 3.8) is 0 Å². The van der Waals surface area contributed by atoms with Crippen molar-refractivity contribution in [1.82, 2.24) is 0 Å². The molecule has 0 aromatic heterocycles. The molecule has 0 fully saturated rings. The van der Waals surface area contributed by atoms with E-state index >= 15 is 0 Å². The average molecular weight is 344 g/mol. The number of hydrogen-bond acceptors (Lipinski definition) is 5. The van der Waals surface area contributed by atoms with Crippen molar-refractivity contribution < 1.29 is 19.2 Å². The van der Waals surface area contributed by atoms with E-state index in [0.29, 0.717) is 24.0 Å². The Morgan fingerprint density at radius 3 is 2.44 bits per heavy atom. The lowest BCUT2D eigenvalue weighted by molar-refractivity contribution is -0.385. The predicted octanol–water partition coefficient (Wildman–Crippen LogP) is 3.89. The molecule has 0 aliphatic heterocycles. The van der Waals surface area contributed by atoms with E-state index in [0.717, 1.165) is 0 Å². The van der Waals surface area contributed by atoms with Gasteiger partial charge in [0.25, 0.3) is 5.91 Å². The molecule has 25 heavy (non-hydrogen) atoms. The zero-order chi connectivity index (χ0) is 18.4. The van der Waals surface area contributed by atoms with Crippen LogP contribution in [0, 0.1) is 16.0 Å². The molecular weight excluding hydrogens is 324 g/mol. The van der Waals surface area contributed by atoms with Crippen LogP contribution in [0.1, 0.15) is 24.2 Å². The highest BCUT2D eigenvalue weighted by Crippen LogP contribution is 2.28. The molecule has 0 heterocycles. The molecule has 2 aromatic carbocycles. The zero-order valence-electron chi connectivity index (χ0n) is 14.3. The number of ether oxygens (including phenoxy) is 2. The number of anilines is 1. The van der Waals surface area contributed by atoms with E-state index in [2.05, 4.69) is 19.2 Å². The van der Waals surface area contributed by atoms with Crippen LogP contribution in [-0.4, -0.2) is 24.5 Å². The second-order valence-corrected chi connectivity index (χ2v) is 5.83. The van der Waals surface area contributed by atoms with E-state index in [4.69, 9.17) is 9.47 Å². The molecular formula is C18H20N2O5. The van der Waals surface area contributed by atoms with Crippen LogP contribution in [0.5, 0.6) is 11.5 Å². The Kier molecular flexibility index (Phi) is 5.94. The normalized spacial score (nSPS) is 10.4. The maximum atomic E-state index is 12.3. The van der Waals surface area contributed by atoms with Crippen LogP contribution in [0.3, 0.4) is 0 Å². The molecule has 2 rings (SSSR count). The molecule has 0 atom stereocenters. The third-order valence-electron chi connectivity index (χ3n) is 3.33. The molecule has 7 heteroatoms. The number of benzene rings is 2. The largest absolute Gasteiger partial charge is 0.493 e. The maximum Gasteiger partial charge on any atom is 0.311 e. The summed E-state index contributed by atoms with van der Waals surface area (Å²) in [5.74, 6) is 0.798. The fourth-order valence-corrected chi connectivity index (χ4v) is 2.07. The molecule has 0 radical (unpaired) electrons. The lowest BCUT2D eigenvalue weighted by Gasteiger charge is -2.10.